The van der Waals surface area contributed by atoms with Gasteiger partial charge in [0.2, 0.25) is 0 Å². The highest BCUT2D eigenvalue weighted by Crippen LogP contribution is 2.34. The number of hydrogen-bond acceptors (Lipinski definition) is 2. The highest BCUT2D eigenvalue weighted by molar-refractivity contribution is 6.30. The van der Waals surface area contributed by atoms with Gasteiger partial charge in [0.05, 0.1) is 12.3 Å². The van der Waals surface area contributed by atoms with Crippen LogP contribution in [0.15, 0.2) is 0 Å². The van der Waals surface area contributed by atoms with Crippen molar-refractivity contribution in [2.75, 3.05) is 6.61 Å². The van der Waals surface area contributed by atoms with E-state index in [1.807, 2.05) is 0 Å². The largest absolute Gasteiger partial charge is 0.396 e. The number of H-pyrrole nitrogens is 1. The predicted octanol–water partition coefficient (Wildman–Crippen LogP) is 2.65. The Bertz CT molecular complexity index is 318. The molecule has 0 saturated heterocycles. The number of halogens is 1. The van der Waals surface area contributed by atoms with Crippen molar-refractivity contribution in [2.24, 2.45) is 0 Å². The van der Waals surface area contributed by atoms with E-state index in [1.165, 1.54) is 32.1 Å². The third-order valence-electron chi connectivity index (χ3n) is 3.10. The van der Waals surface area contributed by atoms with Gasteiger partial charge in [-0.15, -0.1) is 0 Å². The molecule has 1 heterocycles. The van der Waals surface area contributed by atoms with Gasteiger partial charge in [-0.05, 0) is 12.8 Å². The van der Waals surface area contributed by atoms with Crippen molar-refractivity contribution in [1.82, 2.24) is 9.97 Å². The SMILES string of the molecule is OCCc1nc(Cl)c(C2CCCCC2)[nH]1. The van der Waals surface area contributed by atoms with Gasteiger partial charge in [-0.3, -0.25) is 0 Å². The number of aromatic nitrogens is 2. The number of nitrogens with one attached hydrogen (secondary N) is 1. The Balaban J connectivity index is 2.11. The zero-order valence-electron chi connectivity index (χ0n) is 8.80. The molecule has 0 radical (unpaired) electrons. The van der Waals surface area contributed by atoms with Gasteiger partial charge in [0, 0.05) is 12.3 Å². The summed E-state index contributed by atoms with van der Waals surface area (Å²) in [5.74, 6) is 1.36. The van der Waals surface area contributed by atoms with Crippen LogP contribution in [-0.4, -0.2) is 21.7 Å². The van der Waals surface area contributed by atoms with E-state index < -0.39 is 0 Å². The zero-order valence-corrected chi connectivity index (χ0v) is 9.56. The van der Waals surface area contributed by atoms with Crippen LogP contribution in [0.1, 0.15) is 49.5 Å². The molecule has 1 saturated carbocycles. The fourth-order valence-corrected chi connectivity index (χ4v) is 2.60. The van der Waals surface area contributed by atoms with Crippen LogP contribution in [0.25, 0.3) is 0 Å². The molecule has 0 unspecified atom stereocenters. The van der Waals surface area contributed by atoms with Crippen LogP contribution in [0.3, 0.4) is 0 Å². The molecular formula is C11H17ClN2O. The van der Waals surface area contributed by atoms with Crippen molar-refractivity contribution in [3.05, 3.63) is 16.7 Å². The Morgan fingerprint density at radius 1 is 1.33 bits per heavy atom. The fourth-order valence-electron chi connectivity index (χ4n) is 2.30. The molecule has 4 heteroatoms. The van der Waals surface area contributed by atoms with Crippen LogP contribution in [0, 0.1) is 0 Å². The van der Waals surface area contributed by atoms with Crippen LogP contribution in [0.4, 0.5) is 0 Å². The third-order valence-corrected chi connectivity index (χ3v) is 3.38. The van der Waals surface area contributed by atoms with Gasteiger partial charge in [-0.1, -0.05) is 30.9 Å². The first-order valence-corrected chi connectivity index (χ1v) is 6.04. The molecule has 3 nitrogen and oxygen atoms in total. The molecule has 1 aromatic heterocycles. The first-order valence-electron chi connectivity index (χ1n) is 5.66. The Kier molecular flexibility index (Phi) is 3.65. The second-order valence-electron chi connectivity index (χ2n) is 4.20. The molecule has 1 aliphatic rings. The molecule has 2 rings (SSSR count). The van der Waals surface area contributed by atoms with Crippen LogP contribution >= 0.6 is 11.6 Å². The number of aliphatic hydroxyl groups excluding tert-OH is 1. The van der Waals surface area contributed by atoms with E-state index in [1.54, 1.807) is 0 Å². The molecule has 0 spiro atoms. The van der Waals surface area contributed by atoms with Crippen LogP contribution in [0.5, 0.6) is 0 Å². The van der Waals surface area contributed by atoms with Gasteiger partial charge in [0.15, 0.2) is 5.15 Å². The number of rotatable bonds is 3. The molecule has 0 aliphatic heterocycles. The summed E-state index contributed by atoms with van der Waals surface area (Å²) in [6.45, 7) is 0.119. The Morgan fingerprint density at radius 2 is 2.07 bits per heavy atom. The smallest absolute Gasteiger partial charge is 0.150 e. The van der Waals surface area contributed by atoms with E-state index in [2.05, 4.69) is 9.97 Å². The lowest BCUT2D eigenvalue weighted by atomic mass is 9.87. The molecule has 0 aromatic carbocycles. The maximum absolute atomic E-state index is 8.83. The predicted molar refractivity (Wildman–Crippen MR) is 60.2 cm³/mol. The second kappa shape index (κ2) is 4.99. The van der Waals surface area contributed by atoms with Crippen molar-refractivity contribution in [3.63, 3.8) is 0 Å². The topological polar surface area (TPSA) is 48.9 Å². The van der Waals surface area contributed by atoms with Gasteiger partial charge in [-0.2, -0.15) is 0 Å². The van der Waals surface area contributed by atoms with Gasteiger partial charge in [0.1, 0.15) is 5.82 Å². The minimum atomic E-state index is 0.119. The van der Waals surface area contributed by atoms with Crippen LogP contribution in [-0.2, 0) is 6.42 Å². The Labute approximate surface area is 94.9 Å². The van der Waals surface area contributed by atoms with Crippen molar-refractivity contribution in [1.29, 1.82) is 0 Å². The Morgan fingerprint density at radius 3 is 2.73 bits per heavy atom. The normalized spacial score (nSPS) is 18.3. The standard InChI is InChI=1S/C11H17ClN2O/c12-11-10(8-4-2-1-3-5-8)13-9(14-11)6-7-15/h8,15H,1-7H2,(H,13,14). The number of nitrogens with zero attached hydrogens (tertiary/aromatic N) is 1. The molecule has 1 aliphatic carbocycles. The van der Waals surface area contributed by atoms with Gasteiger partial charge in [-0.25, -0.2) is 4.98 Å². The van der Waals surface area contributed by atoms with E-state index in [0.717, 1.165) is 11.5 Å². The summed E-state index contributed by atoms with van der Waals surface area (Å²) >= 11 is 6.09. The van der Waals surface area contributed by atoms with E-state index in [-0.39, 0.29) is 6.61 Å². The lowest BCUT2D eigenvalue weighted by molar-refractivity contribution is 0.297. The number of aromatic amines is 1. The molecule has 84 valence electrons. The number of hydrogen-bond donors (Lipinski definition) is 2. The van der Waals surface area contributed by atoms with Crippen molar-refractivity contribution >= 4 is 11.6 Å². The monoisotopic (exact) mass is 228 g/mol. The summed E-state index contributed by atoms with van der Waals surface area (Å²) < 4.78 is 0. The molecule has 15 heavy (non-hydrogen) atoms. The highest BCUT2D eigenvalue weighted by atomic mass is 35.5. The maximum atomic E-state index is 8.83. The quantitative estimate of drug-likeness (QED) is 0.836. The number of imidazole rings is 1. The van der Waals surface area contributed by atoms with Gasteiger partial charge < -0.3 is 10.1 Å². The maximum Gasteiger partial charge on any atom is 0.150 e. The molecule has 1 fully saturated rings. The van der Waals surface area contributed by atoms with E-state index >= 15 is 0 Å². The van der Waals surface area contributed by atoms with Gasteiger partial charge >= 0.3 is 0 Å². The summed E-state index contributed by atoms with van der Waals surface area (Å²) in [6.07, 6.45) is 6.89. The summed E-state index contributed by atoms with van der Waals surface area (Å²) in [6, 6.07) is 0. The average molecular weight is 229 g/mol. The van der Waals surface area contributed by atoms with Crippen molar-refractivity contribution in [3.8, 4) is 0 Å². The Hall–Kier alpha value is -0.540. The lowest BCUT2D eigenvalue weighted by Gasteiger charge is -2.20. The summed E-state index contributed by atoms with van der Waals surface area (Å²) in [5.41, 5.74) is 1.08. The van der Waals surface area contributed by atoms with E-state index in [9.17, 15) is 0 Å². The van der Waals surface area contributed by atoms with E-state index in [0.29, 0.717) is 17.5 Å². The average Bonchev–Trinajstić information content (AvgIpc) is 2.61. The molecule has 0 amide bonds. The van der Waals surface area contributed by atoms with E-state index in [4.69, 9.17) is 16.7 Å². The summed E-state index contributed by atoms with van der Waals surface area (Å²) in [4.78, 5) is 7.47. The van der Waals surface area contributed by atoms with Crippen LogP contribution in [0.2, 0.25) is 5.15 Å². The number of aliphatic hydroxyl groups is 1. The molecule has 0 atom stereocenters. The molecule has 1 aromatic rings. The molecule has 0 bridgehead atoms. The fraction of sp³-hybridized carbons (Fsp3) is 0.727. The first kappa shape index (κ1) is 11.0. The summed E-state index contributed by atoms with van der Waals surface area (Å²) in [5, 5.41) is 9.43. The minimum Gasteiger partial charge on any atom is -0.396 e. The zero-order chi connectivity index (χ0) is 10.7. The van der Waals surface area contributed by atoms with Gasteiger partial charge in [0.25, 0.3) is 0 Å². The van der Waals surface area contributed by atoms with Crippen molar-refractivity contribution in [2.45, 2.75) is 44.4 Å². The van der Waals surface area contributed by atoms with Crippen molar-refractivity contribution < 1.29 is 5.11 Å². The summed E-state index contributed by atoms with van der Waals surface area (Å²) in [7, 11) is 0. The second-order valence-corrected chi connectivity index (χ2v) is 4.55. The van der Waals surface area contributed by atoms with Crippen LogP contribution < -0.4 is 0 Å². The highest BCUT2D eigenvalue weighted by Gasteiger charge is 2.20. The lowest BCUT2D eigenvalue weighted by Crippen LogP contribution is -2.05. The molecular weight excluding hydrogens is 212 g/mol. The molecule has 2 N–H and O–H groups in total. The minimum absolute atomic E-state index is 0.119. The first-order chi connectivity index (χ1) is 7.31. The third kappa shape index (κ3) is 2.52.